The first-order chi connectivity index (χ1) is 10.2. The summed E-state index contributed by atoms with van der Waals surface area (Å²) in [6.07, 6.45) is 1.89. The van der Waals surface area contributed by atoms with Crippen LogP contribution in [-0.2, 0) is 19.4 Å². The maximum Gasteiger partial charge on any atom is 0.130 e. The summed E-state index contributed by atoms with van der Waals surface area (Å²) in [5.41, 5.74) is 3.49. The summed E-state index contributed by atoms with van der Waals surface area (Å²) in [5.74, 6) is 2.69. The molecule has 0 radical (unpaired) electrons. The average molecular weight is 348 g/mol. The van der Waals surface area contributed by atoms with Crippen molar-refractivity contribution in [3.05, 3.63) is 45.3 Å². The van der Waals surface area contributed by atoms with Crippen LogP contribution in [0.1, 0.15) is 29.6 Å². The zero-order chi connectivity index (χ0) is 14.8. The molecule has 0 saturated heterocycles. The number of rotatable bonds is 4. The molecule has 2 heterocycles. The van der Waals surface area contributed by atoms with Gasteiger partial charge in [0.25, 0.3) is 0 Å². The molecule has 1 aromatic carbocycles. The lowest BCUT2D eigenvalue weighted by Gasteiger charge is -2.11. The third kappa shape index (κ3) is 3.18. The smallest absolute Gasteiger partial charge is 0.130 e. The molecular formula is C16H18BrN3O. The van der Waals surface area contributed by atoms with Crippen molar-refractivity contribution in [3.8, 4) is 5.75 Å². The zero-order valence-corrected chi connectivity index (χ0v) is 13.8. The highest BCUT2D eigenvalue weighted by Crippen LogP contribution is 2.33. The van der Waals surface area contributed by atoms with E-state index in [0.29, 0.717) is 6.54 Å². The maximum absolute atomic E-state index is 5.75. The maximum atomic E-state index is 5.75. The molecule has 110 valence electrons. The highest BCUT2D eigenvalue weighted by atomic mass is 79.9. The summed E-state index contributed by atoms with van der Waals surface area (Å²) in [4.78, 5) is 8.83. The predicted molar refractivity (Wildman–Crippen MR) is 86.8 cm³/mol. The lowest BCUT2D eigenvalue weighted by Crippen LogP contribution is -2.06. The monoisotopic (exact) mass is 347 g/mol. The number of nitrogens with zero attached hydrogens (tertiary/aromatic N) is 2. The first kappa shape index (κ1) is 14.3. The van der Waals surface area contributed by atoms with Crippen LogP contribution in [0.4, 0.5) is 5.82 Å². The fourth-order valence-electron chi connectivity index (χ4n) is 2.56. The topological polar surface area (TPSA) is 47.0 Å². The van der Waals surface area contributed by atoms with E-state index in [1.165, 1.54) is 5.56 Å². The lowest BCUT2D eigenvalue weighted by molar-refractivity contribution is 0.354. The van der Waals surface area contributed by atoms with Crippen LogP contribution < -0.4 is 10.1 Å². The minimum absolute atomic E-state index is 0.696. The molecule has 0 spiro atoms. The molecule has 0 fully saturated rings. The second-order valence-electron chi connectivity index (χ2n) is 5.15. The summed E-state index contributed by atoms with van der Waals surface area (Å²) in [7, 11) is 0. The zero-order valence-electron chi connectivity index (χ0n) is 12.2. The van der Waals surface area contributed by atoms with Crippen LogP contribution in [0.25, 0.3) is 0 Å². The third-order valence-electron chi connectivity index (χ3n) is 3.54. The van der Waals surface area contributed by atoms with Crippen molar-refractivity contribution in [1.29, 1.82) is 0 Å². The van der Waals surface area contributed by atoms with Gasteiger partial charge in [-0.05, 0) is 31.0 Å². The average Bonchev–Trinajstić information content (AvgIpc) is 2.92. The van der Waals surface area contributed by atoms with Gasteiger partial charge in [-0.2, -0.15) is 0 Å². The summed E-state index contributed by atoms with van der Waals surface area (Å²) in [6.45, 7) is 5.48. The number of halogens is 1. The number of benzene rings is 1. The molecule has 4 nitrogen and oxygen atoms in total. The Morgan fingerprint density at radius 2 is 2.14 bits per heavy atom. The standard InChI is InChI=1S/C16H18BrN3O/c1-3-14-8-15(20-10(2)19-14)18-9-12-7-13(17)6-11-4-5-21-16(11)12/h6-8H,3-5,9H2,1-2H3,(H,18,19,20). The molecule has 0 atom stereocenters. The summed E-state index contributed by atoms with van der Waals surface area (Å²) in [6, 6.07) is 6.24. The van der Waals surface area contributed by atoms with E-state index in [-0.39, 0.29) is 0 Å². The van der Waals surface area contributed by atoms with Crippen LogP contribution in [0.15, 0.2) is 22.7 Å². The van der Waals surface area contributed by atoms with E-state index in [0.717, 1.165) is 52.6 Å². The van der Waals surface area contributed by atoms with E-state index in [1.807, 2.05) is 13.0 Å². The molecule has 5 heteroatoms. The van der Waals surface area contributed by atoms with Crippen LogP contribution in [0.5, 0.6) is 5.75 Å². The van der Waals surface area contributed by atoms with E-state index in [1.54, 1.807) is 0 Å². The van der Waals surface area contributed by atoms with Gasteiger partial charge in [-0.25, -0.2) is 9.97 Å². The van der Waals surface area contributed by atoms with Crippen molar-refractivity contribution in [1.82, 2.24) is 9.97 Å². The number of aryl methyl sites for hydroxylation is 2. The number of hydrogen-bond acceptors (Lipinski definition) is 4. The Labute approximate surface area is 133 Å². The molecule has 1 aliphatic rings. The van der Waals surface area contributed by atoms with Crippen molar-refractivity contribution in [2.45, 2.75) is 33.2 Å². The number of anilines is 1. The SMILES string of the molecule is CCc1cc(NCc2cc(Br)cc3c2OCC3)nc(C)n1. The summed E-state index contributed by atoms with van der Waals surface area (Å²) < 4.78 is 6.84. The molecule has 1 N–H and O–H groups in total. The van der Waals surface area contributed by atoms with E-state index >= 15 is 0 Å². The number of nitrogens with one attached hydrogen (secondary N) is 1. The van der Waals surface area contributed by atoms with Crippen LogP contribution >= 0.6 is 15.9 Å². The largest absolute Gasteiger partial charge is 0.493 e. The van der Waals surface area contributed by atoms with Gasteiger partial charge in [-0.1, -0.05) is 22.9 Å². The van der Waals surface area contributed by atoms with Crippen molar-refractivity contribution in [2.75, 3.05) is 11.9 Å². The number of aromatic nitrogens is 2. The van der Waals surface area contributed by atoms with Gasteiger partial charge in [-0.3, -0.25) is 0 Å². The van der Waals surface area contributed by atoms with Crippen LogP contribution in [0.2, 0.25) is 0 Å². The Kier molecular flexibility index (Phi) is 4.10. The normalized spacial score (nSPS) is 12.9. The Morgan fingerprint density at radius 1 is 1.29 bits per heavy atom. The number of fused-ring (bicyclic) bond motifs is 1. The van der Waals surface area contributed by atoms with E-state index in [2.05, 4.69) is 50.3 Å². The molecule has 0 unspecified atom stereocenters. The molecule has 21 heavy (non-hydrogen) atoms. The molecule has 3 rings (SSSR count). The van der Waals surface area contributed by atoms with Gasteiger partial charge >= 0.3 is 0 Å². The van der Waals surface area contributed by atoms with Gasteiger partial charge in [-0.15, -0.1) is 0 Å². The molecule has 1 aromatic heterocycles. The lowest BCUT2D eigenvalue weighted by atomic mass is 10.1. The van der Waals surface area contributed by atoms with Crippen molar-refractivity contribution < 1.29 is 4.74 Å². The molecule has 0 amide bonds. The van der Waals surface area contributed by atoms with Crippen LogP contribution in [-0.4, -0.2) is 16.6 Å². The highest BCUT2D eigenvalue weighted by molar-refractivity contribution is 9.10. The minimum atomic E-state index is 0.696. The van der Waals surface area contributed by atoms with Gasteiger partial charge in [0.05, 0.1) is 6.61 Å². The van der Waals surface area contributed by atoms with Gasteiger partial charge in [0, 0.05) is 34.8 Å². The van der Waals surface area contributed by atoms with Gasteiger partial charge in [0.1, 0.15) is 17.4 Å². The molecule has 0 aliphatic carbocycles. The van der Waals surface area contributed by atoms with Gasteiger partial charge in [0.15, 0.2) is 0 Å². The molecule has 1 aliphatic heterocycles. The predicted octanol–water partition coefficient (Wildman–Crippen LogP) is 3.66. The Hall–Kier alpha value is -1.62. The third-order valence-corrected chi connectivity index (χ3v) is 4.00. The first-order valence-corrected chi connectivity index (χ1v) is 7.97. The van der Waals surface area contributed by atoms with E-state index in [9.17, 15) is 0 Å². The quantitative estimate of drug-likeness (QED) is 0.916. The van der Waals surface area contributed by atoms with Crippen LogP contribution in [0.3, 0.4) is 0 Å². The molecule has 0 saturated carbocycles. The summed E-state index contributed by atoms with van der Waals surface area (Å²) >= 11 is 3.57. The fraction of sp³-hybridized carbons (Fsp3) is 0.375. The Bertz CT molecular complexity index is 673. The second-order valence-corrected chi connectivity index (χ2v) is 6.07. The van der Waals surface area contributed by atoms with Gasteiger partial charge < -0.3 is 10.1 Å². The fourth-order valence-corrected chi connectivity index (χ4v) is 3.12. The first-order valence-electron chi connectivity index (χ1n) is 7.18. The van der Waals surface area contributed by atoms with E-state index < -0.39 is 0 Å². The van der Waals surface area contributed by atoms with E-state index in [4.69, 9.17) is 4.74 Å². The molecule has 2 aromatic rings. The van der Waals surface area contributed by atoms with Crippen LogP contribution in [0, 0.1) is 6.92 Å². The number of hydrogen-bond donors (Lipinski definition) is 1. The summed E-state index contributed by atoms with van der Waals surface area (Å²) in [5, 5.41) is 3.38. The number of ether oxygens (including phenoxy) is 1. The highest BCUT2D eigenvalue weighted by Gasteiger charge is 2.17. The molecular weight excluding hydrogens is 330 g/mol. The Morgan fingerprint density at radius 3 is 2.95 bits per heavy atom. The molecule has 0 bridgehead atoms. The minimum Gasteiger partial charge on any atom is -0.493 e. The van der Waals surface area contributed by atoms with Crippen molar-refractivity contribution in [2.24, 2.45) is 0 Å². The van der Waals surface area contributed by atoms with Gasteiger partial charge in [0.2, 0.25) is 0 Å². The Balaban J connectivity index is 1.81. The van der Waals surface area contributed by atoms with Crippen molar-refractivity contribution in [3.63, 3.8) is 0 Å². The van der Waals surface area contributed by atoms with Crippen molar-refractivity contribution >= 4 is 21.7 Å². The second kappa shape index (κ2) is 6.02.